The summed E-state index contributed by atoms with van der Waals surface area (Å²) >= 11 is 0. The van der Waals surface area contributed by atoms with Crippen LogP contribution in [0.5, 0.6) is 5.75 Å². The summed E-state index contributed by atoms with van der Waals surface area (Å²) in [6, 6.07) is 16.1. The molecule has 5 nitrogen and oxygen atoms in total. The molecule has 3 atom stereocenters. The fourth-order valence-corrected chi connectivity index (χ4v) is 4.17. The molecule has 1 saturated carbocycles. The summed E-state index contributed by atoms with van der Waals surface area (Å²) in [5, 5.41) is 3.00. The largest absolute Gasteiger partial charge is 0.497 e. The van der Waals surface area contributed by atoms with Gasteiger partial charge in [-0.3, -0.25) is 9.59 Å². The minimum atomic E-state index is -0.241. The van der Waals surface area contributed by atoms with Crippen LogP contribution in [-0.2, 0) is 16.0 Å². The molecule has 5 heteroatoms. The van der Waals surface area contributed by atoms with Crippen molar-refractivity contribution in [1.29, 1.82) is 0 Å². The van der Waals surface area contributed by atoms with Gasteiger partial charge in [0.05, 0.1) is 13.0 Å². The Morgan fingerprint density at radius 1 is 1.17 bits per heavy atom. The van der Waals surface area contributed by atoms with Gasteiger partial charge in [-0.25, -0.2) is 0 Å². The highest BCUT2D eigenvalue weighted by atomic mass is 16.5. The van der Waals surface area contributed by atoms with Crippen molar-refractivity contribution in [2.75, 3.05) is 26.7 Å². The van der Waals surface area contributed by atoms with Crippen LogP contribution in [0.4, 0.5) is 0 Å². The molecule has 1 heterocycles. The lowest BCUT2D eigenvalue weighted by molar-refractivity contribution is -0.133. The van der Waals surface area contributed by atoms with Crippen LogP contribution in [0.2, 0.25) is 0 Å². The van der Waals surface area contributed by atoms with Crippen molar-refractivity contribution < 1.29 is 14.3 Å². The zero-order chi connectivity index (χ0) is 20.4. The van der Waals surface area contributed by atoms with Crippen molar-refractivity contribution in [1.82, 2.24) is 10.2 Å². The van der Waals surface area contributed by atoms with Crippen LogP contribution in [0.15, 0.2) is 48.5 Å². The number of nitrogens with one attached hydrogen (secondary N) is 1. The first-order valence-electron chi connectivity index (χ1n) is 10.4. The molecule has 2 amide bonds. The number of benzene rings is 2. The van der Waals surface area contributed by atoms with Crippen molar-refractivity contribution in [2.45, 2.75) is 19.8 Å². The molecular weight excluding hydrogens is 364 g/mol. The molecule has 2 aliphatic rings. The van der Waals surface area contributed by atoms with Crippen LogP contribution < -0.4 is 10.1 Å². The fourth-order valence-electron chi connectivity index (χ4n) is 4.17. The SMILES string of the molecule is COc1ccc(-c2ccccc2CC2CN(C(=O)C3CC3C)CCNC2=O)cc1. The van der Waals surface area contributed by atoms with Gasteiger partial charge in [0.15, 0.2) is 0 Å². The monoisotopic (exact) mass is 392 g/mol. The van der Waals surface area contributed by atoms with E-state index < -0.39 is 0 Å². The van der Waals surface area contributed by atoms with E-state index in [4.69, 9.17) is 4.74 Å². The second-order valence-corrected chi connectivity index (χ2v) is 8.18. The van der Waals surface area contributed by atoms with Crippen molar-refractivity contribution in [3.63, 3.8) is 0 Å². The summed E-state index contributed by atoms with van der Waals surface area (Å²) in [5.41, 5.74) is 3.32. The topological polar surface area (TPSA) is 58.6 Å². The Bertz CT molecular complexity index is 893. The van der Waals surface area contributed by atoms with Crippen molar-refractivity contribution in [3.05, 3.63) is 54.1 Å². The highest BCUT2D eigenvalue weighted by molar-refractivity contribution is 5.84. The second-order valence-electron chi connectivity index (χ2n) is 8.18. The number of carbonyl (C=O) groups is 2. The van der Waals surface area contributed by atoms with Crippen LogP contribution in [0.1, 0.15) is 18.9 Å². The molecule has 3 unspecified atom stereocenters. The fraction of sp³-hybridized carbons (Fsp3) is 0.417. The Kier molecular flexibility index (Phi) is 5.56. The Balaban J connectivity index is 1.55. The molecule has 1 saturated heterocycles. The standard InChI is InChI=1S/C24H28N2O3/c1-16-13-22(16)24(28)26-12-11-25-23(27)19(15-26)14-18-5-3-4-6-21(18)17-7-9-20(29-2)10-8-17/h3-10,16,19,22H,11-15H2,1-2H3,(H,25,27). The van der Waals surface area contributed by atoms with E-state index in [1.807, 2.05) is 41.3 Å². The van der Waals surface area contributed by atoms with E-state index in [0.717, 1.165) is 28.9 Å². The number of ether oxygens (including phenoxy) is 1. The van der Waals surface area contributed by atoms with Crippen LogP contribution in [0.25, 0.3) is 11.1 Å². The number of methoxy groups -OCH3 is 1. The summed E-state index contributed by atoms with van der Waals surface area (Å²) < 4.78 is 5.26. The second kappa shape index (κ2) is 8.27. The van der Waals surface area contributed by atoms with E-state index in [9.17, 15) is 9.59 Å². The minimum absolute atomic E-state index is 0.0358. The zero-order valence-corrected chi connectivity index (χ0v) is 17.1. The molecule has 0 spiro atoms. The molecule has 0 radical (unpaired) electrons. The van der Waals surface area contributed by atoms with Gasteiger partial charge >= 0.3 is 0 Å². The lowest BCUT2D eigenvalue weighted by atomic mass is 9.91. The molecule has 0 bridgehead atoms. The Morgan fingerprint density at radius 3 is 2.59 bits per heavy atom. The van der Waals surface area contributed by atoms with E-state index in [1.54, 1.807) is 7.11 Å². The maximum atomic E-state index is 12.8. The molecular formula is C24H28N2O3. The van der Waals surface area contributed by atoms with Gasteiger partial charge in [-0.15, -0.1) is 0 Å². The number of carbonyl (C=O) groups excluding carboxylic acids is 2. The molecule has 2 aromatic carbocycles. The molecule has 2 aromatic rings. The van der Waals surface area contributed by atoms with E-state index in [2.05, 4.69) is 24.4 Å². The van der Waals surface area contributed by atoms with E-state index >= 15 is 0 Å². The predicted octanol–water partition coefficient (Wildman–Crippen LogP) is 3.14. The average molecular weight is 392 g/mol. The lowest BCUT2D eigenvalue weighted by Crippen LogP contribution is -2.38. The molecule has 1 N–H and O–H groups in total. The first-order chi connectivity index (χ1) is 14.1. The van der Waals surface area contributed by atoms with Crippen molar-refractivity contribution in [2.24, 2.45) is 17.8 Å². The van der Waals surface area contributed by atoms with Crippen molar-refractivity contribution in [3.8, 4) is 16.9 Å². The number of hydrogen-bond acceptors (Lipinski definition) is 3. The van der Waals surface area contributed by atoms with Gasteiger partial charge in [-0.1, -0.05) is 43.3 Å². The molecule has 4 rings (SSSR count). The van der Waals surface area contributed by atoms with Crippen LogP contribution in [-0.4, -0.2) is 43.5 Å². The first-order valence-corrected chi connectivity index (χ1v) is 10.4. The molecule has 1 aliphatic heterocycles. The third-order valence-corrected chi connectivity index (χ3v) is 6.12. The summed E-state index contributed by atoms with van der Waals surface area (Å²) in [4.78, 5) is 27.3. The third-order valence-electron chi connectivity index (χ3n) is 6.12. The van der Waals surface area contributed by atoms with Gasteiger partial charge in [0.2, 0.25) is 11.8 Å². The van der Waals surface area contributed by atoms with E-state index in [0.29, 0.717) is 32.0 Å². The number of hydrogen-bond donors (Lipinski definition) is 1. The maximum Gasteiger partial charge on any atom is 0.226 e. The minimum Gasteiger partial charge on any atom is -0.497 e. The highest BCUT2D eigenvalue weighted by Crippen LogP contribution is 2.39. The van der Waals surface area contributed by atoms with Gasteiger partial charge in [-0.05, 0) is 47.6 Å². The smallest absolute Gasteiger partial charge is 0.226 e. The van der Waals surface area contributed by atoms with Gasteiger partial charge in [0.25, 0.3) is 0 Å². The lowest BCUT2D eigenvalue weighted by Gasteiger charge is -2.24. The Labute approximate surface area is 172 Å². The quantitative estimate of drug-likeness (QED) is 0.851. The predicted molar refractivity (Wildman–Crippen MR) is 112 cm³/mol. The summed E-state index contributed by atoms with van der Waals surface area (Å²) in [5.74, 6) is 1.45. The van der Waals surface area contributed by atoms with Gasteiger partial charge < -0.3 is 15.0 Å². The summed E-state index contributed by atoms with van der Waals surface area (Å²) in [6.45, 7) is 3.74. The van der Waals surface area contributed by atoms with Crippen LogP contribution >= 0.6 is 0 Å². The number of amides is 2. The summed E-state index contributed by atoms with van der Waals surface area (Å²) in [6.07, 6.45) is 1.58. The van der Waals surface area contributed by atoms with E-state index in [-0.39, 0.29) is 23.7 Å². The third kappa shape index (κ3) is 4.29. The molecule has 152 valence electrons. The number of rotatable bonds is 5. The summed E-state index contributed by atoms with van der Waals surface area (Å²) in [7, 11) is 1.66. The Morgan fingerprint density at radius 2 is 1.90 bits per heavy atom. The van der Waals surface area contributed by atoms with E-state index in [1.165, 1.54) is 0 Å². The van der Waals surface area contributed by atoms with Gasteiger partial charge in [-0.2, -0.15) is 0 Å². The Hall–Kier alpha value is -2.82. The molecule has 2 fully saturated rings. The molecule has 0 aromatic heterocycles. The van der Waals surface area contributed by atoms with Gasteiger partial charge in [0.1, 0.15) is 5.75 Å². The molecule has 1 aliphatic carbocycles. The van der Waals surface area contributed by atoms with Crippen LogP contribution in [0.3, 0.4) is 0 Å². The number of nitrogens with zero attached hydrogens (tertiary/aromatic N) is 1. The van der Waals surface area contributed by atoms with Gasteiger partial charge in [0, 0.05) is 25.6 Å². The zero-order valence-electron chi connectivity index (χ0n) is 17.1. The van der Waals surface area contributed by atoms with Crippen molar-refractivity contribution >= 4 is 11.8 Å². The van der Waals surface area contributed by atoms with Crippen LogP contribution in [0, 0.1) is 17.8 Å². The maximum absolute atomic E-state index is 12.8. The highest BCUT2D eigenvalue weighted by Gasteiger charge is 2.42. The normalized spacial score (nSPS) is 23.9. The molecule has 29 heavy (non-hydrogen) atoms. The average Bonchev–Trinajstić information content (AvgIpc) is 3.51. The first kappa shape index (κ1) is 19.5.